The molecule has 1 atom stereocenters. The summed E-state index contributed by atoms with van der Waals surface area (Å²) in [4.78, 5) is 51.1. The summed E-state index contributed by atoms with van der Waals surface area (Å²) >= 11 is 0. The summed E-state index contributed by atoms with van der Waals surface area (Å²) in [5, 5.41) is 26.7. The second kappa shape index (κ2) is 16.3. The van der Waals surface area contributed by atoms with Crippen molar-refractivity contribution in [3.05, 3.63) is 101 Å². The first-order valence-electron chi connectivity index (χ1n) is 17.0. The van der Waals surface area contributed by atoms with Gasteiger partial charge in [-0.3, -0.25) is 14.4 Å². The minimum absolute atomic E-state index is 0.000639. The van der Waals surface area contributed by atoms with Gasteiger partial charge in [-0.25, -0.2) is 9.37 Å². The van der Waals surface area contributed by atoms with Crippen LogP contribution in [0, 0.1) is 0 Å². The fourth-order valence-electron chi connectivity index (χ4n) is 5.97. The number of nitrogens with zero attached hydrogens (tertiary/aromatic N) is 2. The summed E-state index contributed by atoms with van der Waals surface area (Å²) in [5.74, 6) is -2.15. The molecule has 5 rings (SSSR count). The van der Waals surface area contributed by atoms with Crippen molar-refractivity contribution in [1.29, 1.82) is 0 Å². The molecule has 2 amide bonds. The molecule has 0 spiro atoms. The summed E-state index contributed by atoms with van der Waals surface area (Å²) in [6, 6.07) is 22.3. The average Bonchev–Trinajstić information content (AvgIpc) is 3.11. The minimum atomic E-state index is -1.15. The Morgan fingerprint density at radius 1 is 0.865 bits per heavy atom. The molecule has 0 aromatic heterocycles. The minimum Gasteiger partial charge on any atom is -0.480 e. The van der Waals surface area contributed by atoms with E-state index in [2.05, 4.69) is 10.6 Å². The number of nitrogens with one attached hydrogen (secondary N) is 2. The van der Waals surface area contributed by atoms with Crippen molar-refractivity contribution >= 4 is 46.1 Å². The zero-order chi connectivity index (χ0) is 37.5. The van der Waals surface area contributed by atoms with E-state index in [-0.39, 0.29) is 29.4 Å². The van der Waals surface area contributed by atoms with Crippen LogP contribution in [0.3, 0.4) is 0 Å². The SMILES string of the molecule is CN(C)c1ccc2c(-c3ccc(C(=O)NCCCCCC(=O)Nc4ccc(C[C@H](N)C(=O)O)cc4)cc3C(=O)O)c3ccc(=[N+](C)C)cc-3oc2c1. The van der Waals surface area contributed by atoms with Gasteiger partial charge < -0.3 is 35.9 Å². The second-order valence-corrected chi connectivity index (χ2v) is 13.2. The lowest BCUT2D eigenvalue weighted by atomic mass is 9.89. The molecule has 12 heteroatoms. The first-order valence-corrected chi connectivity index (χ1v) is 17.0. The Morgan fingerprint density at radius 2 is 1.60 bits per heavy atom. The van der Waals surface area contributed by atoms with E-state index in [1.54, 1.807) is 36.4 Å². The van der Waals surface area contributed by atoms with Gasteiger partial charge in [0.25, 0.3) is 5.91 Å². The highest BCUT2D eigenvalue weighted by molar-refractivity contribution is 6.09. The van der Waals surface area contributed by atoms with Crippen molar-refractivity contribution in [3.8, 4) is 22.5 Å². The molecule has 0 unspecified atom stereocenters. The maximum absolute atomic E-state index is 13.1. The Kier molecular flexibility index (Phi) is 11.7. The molecule has 52 heavy (non-hydrogen) atoms. The van der Waals surface area contributed by atoms with Crippen LogP contribution < -0.4 is 31.2 Å². The van der Waals surface area contributed by atoms with Crippen molar-refractivity contribution in [3.63, 3.8) is 0 Å². The number of aliphatic carboxylic acids is 1. The molecule has 0 fully saturated rings. The molecule has 0 radical (unpaired) electrons. The summed E-state index contributed by atoms with van der Waals surface area (Å²) in [6.45, 7) is 0.364. The van der Waals surface area contributed by atoms with E-state index in [0.29, 0.717) is 60.4 Å². The topological polar surface area (TPSA) is 178 Å². The highest BCUT2D eigenvalue weighted by Crippen LogP contribution is 2.42. The Bertz CT molecular complexity index is 2170. The number of carboxylic acids is 2. The quantitative estimate of drug-likeness (QED) is 0.0612. The van der Waals surface area contributed by atoms with Crippen molar-refractivity contribution in [2.45, 2.75) is 38.1 Å². The third-order valence-electron chi connectivity index (χ3n) is 8.88. The van der Waals surface area contributed by atoms with Crippen LogP contribution >= 0.6 is 0 Å². The lowest BCUT2D eigenvalue weighted by molar-refractivity contribution is -0.138. The van der Waals surface area contributed by atoms with Gasteiger partial charge in [0.05, 0.1) is 11.6 Å². The molecule has 0 bridgehead atoms. The molecular formula is C40H44N5O7+. The summed E-state index contributed by atoms with van der Waals surface area (Å²) in [5.41, 5.74) is 10.6. The van der Waals surface area contributed by atoms with Crippen LogP contribution in [0.5, 0.6) is 0 Å². The number of benzene rings is 4. The number of rotatable bonds is 14. The highest BCUT2D eigenvalue weighted by Gasteiger charge is 2.24. The van der Waals surface area contributed by atoms with Crippen LogP contribution in [0.15, 0.2) is 83.3 Å². The number of carbonyl (C=O) groups excluding carboxylic acids is 2. The molecular weight excluding hydrogens is 662 g/mol. The van der Waals surface area contributed by atoms with Crippen LogP contribution in [0.1, 0.15) is 52.0 Å². The van der Waals surface area contributed by atoms with Gasteiger partial charge in [0.15, 0.2) is 0 Å². The number of anilines is 2. The molecule has 0 saturated carbocycles. The maximum atomic E-state index is 13.1. The molecule has 12 nitrogen and oxygen atoms in total. The van der Waals surface area contributed by atoms with Gasteiger partial charge in [-0.15, -0.1) is 0 Å². The van der Waals surface area contributed by atoms with Crippen LogP contribution in [0.2, 0.25) is 0 Å². The number of nitrogens with two attached hydrogens (primary N) is 1. The van der Waals surface area contributed by atoms with E-state index < -0.39 is 18.0 Å². The van der Waals surface area contributed by atoms with Crippen LogP contribution in [-0.4, -0.2) is 74.7 Å². The van der Waals surface area contributed by atoms with Crippen molar-refractivity contribution in [2.75, 3.05) is 45.0 Å². The monoisotopic (exact) mass is 706 g/mol. The number of hydrogen-bond acceptors (Lipinski definition) is 7. The first kappa shape index (κ1) is 37.3. The van der Waals surface area contributed by atoms with Gasteiger partial charge >= 0.3 is 11.9 Å². The summed E-state index contributed by atoms with van der Waals surface area (Å²) in [6.07, 6.45) is 2.44. The average molecular weight is 707 g/mol. The number of carbonyl (C=O) groups is 4. The third-order valence-corrected chi connectivity index (χ3v) is 8.88. The predicted octanol–water partition coefficient (Wildman–Crippen LogP) is 4.88. The van der Waals surface area contributed by atoms with Gasteiger partial charge in [0.2, 0.25) is 11.3 Å². The molecule has 3 aromatic rings. The van der Waals surface area contributed by atoms with E-state index in [1.807, 2.05) is 74.1 Å². The van der Waals surface area contributed by atoms with Gasteiger partial charge in [0.1, 0.15) is 31.5 Å². The fraction of sp³-hybridized carbons (Fsp3) is 0.275. The summed E-state index contributed by atoms with van der Waals surface area (Å²) in [7, 11) is 7.75. The molecule has 2 aliphatic rings. The van der Waals surface area contributed by atoms with Crippen molar-refractivity contribution in [2.24, 2.45) is 5.73 Å². The van der Waals surface area contributed by atoms with E-state index >= 15 is 0 Å². The van der Waals surface area contributed by atoms with Crippen LogP contribution in [-0.2, 0) is 16.0 Å². The van der Waals surface area contributed by atoms with E-state index in [4.69, 9.17) is 15.3 Å². The zero-order valence-corrected chi connectivity index (χ0v) is 29.7. The lowest BCUT2D eigenvalue weighted by Crippen LogP contribution is -2.32. The number of fused-ring (bicyclic) bond motifs is 2. The standard InChI is InChI=1S/C40H43N5O7/c1-44(2)27-14-17-30-34(22-27)52-35-23-28(45(3)4)15-18-31(35)37(30)29-16-11-25(21-32(29)39(48)49)38(47)42-19-7-5-6-8-36(46)43-26-12-9-24(10-13-26)20-33(41)40(50)51/h9-18,21-23,33H,5-8,19-20,41H2,1-4H3,(H3-,42,43,46,47,48,49,50,51)/p+1/t33-/m0/s1. The molecule has 1 heterocycles. The fourth-order valence-corrected chi connectivity index (χ4v) is 5.97. The van der Waals surface area contributed by atoms with Crippen molar-refractivity contribution in [1.82, 2.24) is 9.89 Å². The summed E-state index contributed by atoms with van der Waals surface area (Å²) < 4.78 is 8.35. The van der Waals surface area contributed by atoms with Crippen molar-refractivity contribution < 1.29 is 33.8 Å². The number of amides is 2. The lowest BCUT2D eigenvalue weighted by Gasteiger charge is -2.19. The molecule has 6 N–H and O–H groups in total. The van der Waals surface area contributed by atoms with E-state index in [9.17, 15) is 24.3 Å². The van der Waals surface area contributed by atoms with Crippen LogP contribution in [0.25, 0.3) is 33.4 Å². The number of unbranched alkanes of at least 4 members (excludes halogenated alkanes) is 2. The molecule has 1 aliphatic heterocycles. The van der Waals surface area contributed by atoms with E-state index in [0.717, 1.165) is 27.6 Å². The van der Waals surface area contributed by atoms with Gasteiger partial charge in [-0.05, 0) is 72.9 Å². The first-order chi connectivity index (χ1) is 24.8. The molecule has 0 saturated heterocycles. The number of hydrogen-bond donors (Lipinski definition) is 5. The smallest absolute Gasteiger partial charge is 0.336 e. The maximum Gasteiger partial charge on any atom is 0.336 e. The number of carboxylic acid groups (broad SMARTS) is 2. The molecule has 270 valence electrons. The van der Waals surface area contributed by atoms with Gasteiger partial charge in [-0.2, -0.15) is 0 Å². The zero-order valence-electron chi connectivity index (χ0n) is 29.7. The second-order valence-electron chi connectivity index (χ2n) is 13.2. The highest BCUT2D eigenvalue weighted by atomic mass is 16.4. The Balaban J connectivity index is 1.23. The largest absolute Gasteiger partial charge is 0.480 e. The molecule has 3 aromatic carbocycles. The normalized spacial score (nSPS) is 11.6. The van der Waals surface area contributed by atoms with Gasteiger partial charge in [0, 0.05) is 72.6 Å². The van der Waals surface area contributed by atoms with E-state index in [1.165, 1.54) is 6.07 Å². The molecule has 1 aliphatic carbocycles. The Morgan fingerprint density at radius 3 is 2.27 bits per heavy atom. The van der Waals surface area contributed by atoms with Gasteiger partial charge in [-0.1, -0.05) is 24.6 Å². The number of aromatic carboxylic acids is 1. The Labute approximate surface area is 301 Å². The predicted molar refractivity (Wildman–Crippen MR) is 202 cm³/mol. The van der Waals surface area contributed by atoms with Crippen LogP contribution in [0.4, 0.5) is 11.4 Å². The third kappa shape index (κ3) is 8.82. The Hall–Kier alpha value is -6.01.